The van der Waals surface area contributed by atoms with Crippen molar-refractivity contribution in [1.29, 1.82) is 0 Å². The molecule has 2 heterocycles. The van der Waals surface area contributed by atoms with Gasteiger partial charge in [0.1, 0.15) is 0 Å². The van der Waals surface area contributed by atoms with Crippen LogP contribution >= 0.6 is 0 Å². The molecule has 1 saturated carbocycles. The lowest BCUT2D eigenvalue weighted by atomic mass is 9.79. The van der Waals surface area contributed by atoms with Crippen LogP contribution in [0.2, 0.25) is 0 Å². The summed E-state index contributed by atoms with van der Waals surface area (Å²) in [6.45, 7) is 2.41. The van der Waals surface area contributed by atoms with Crippen LogP contribution in [0.4, 0.5) is 8.78 Å². The Hall–Kier alpha value is -2.25. The topological polar surface area (TPSA) is 65.7 Å². The second kappa shape index (κ2) is 8.47. The van der Waals surface area contributed by atoms with Crippen LogP contribution in [0.3, 0.4) is 0 Å². The van der Waals surface area contributed by atoms with Gasteiger partial charge in [-0.3, -0.25) is 9.69 Å². The Morgan fingerprint density at radius 2 is 1.93 bits per heavy atom. The molecule has 1 saturated heterocycles. The van der Waals surface area contributed by atoms with Crippen molar-refractivity contribution in [3.05, 3.63) is 60.1 Å². The first-order chi connectivity index (χ1) is 14.4. The number of hydrogen-bond donors (Lipinski definition) is 2. The molecule has 2 aromatic rings. The van der Waals surface area contributed by atoms with Gasteiger partial charge in [0.05, 0.1) is 12.5 Å². The SMILES string of the molecule is O=C(NC1CCN(Cc2ccoc2)CC1)[C@](O)(c1ccccc1)[C@@H]1CCC(F)(F)C1. The minimum atomic E-state index is -2.84. The van der Waals surface area contributed by atoms with Gasteiger partial charge in [-0.05, 0) is 30.9 Å². The van der Waals surface area contributed by atoms with E-state index >= 15 is 0 Å². The second-order valence-electron chi connectivity index (χ2n) is 8.58. The van der Waals surface area contributed by atoms with E-state index in [1.54, 1.807) is 42.9 Å². The maximum Gasteiger partial charge on any atom is 0.257 e. The van der Waals surface area contributed by atoms with E-state index in [9.17, 15) is 18.7 Å². The number of piperidine rings is 1. The fraction of sp³-hybridized carbons (Fsp3) is 0.522. The zero-order valence-corrected chi connectivity index (χ0v) is 16.9. The van der Waals surface area contributed by atoms with Crippen LogP contribution in [0.25, 0.3) is 0 Å². The molecule has 30 heavy (non-hydrogen) atoms. The molecular weight excluding hydrogens is 390 g/mol. The van der Waals surface area contributed by atoms with E-state index in [1.807, 2.05) is 6.07 Å². The molecule has 4 rings (SSSR count). The summed E-state index contributed by atoms with van der Waals surface area (Å²) in [5.41, 5.74) is -0.463. The Morgan fingerprint density at radius 3 is 2.53 bits per heavy atom. The van der Waals surface area contributed by atoms with Crippen molar-refractivity contribution in [2.24, 2.45) is 5.92 Å². The number of furan rings is 1. The van der Waals surface area contributed by atoms with Crippen LogP contribution in [-0.2, 0) is 16.9 Å². The highest BCUT2D eigenvalue weighted by Crippen LogP contribution is 2.47. The fourth-order valence-corrected chi connectivity index (χ4v) is 4.72. The average molecular weight is 418 g/mol. The second-order valence-corrected chi connectivity index (χ2v) is 8.58. The van der Waals surface area contributed by atoms with E-state index in [2.05, 4.69) is 10.2 Å². The van der Waals surface area contributed by atoms with E-state index in [4.69, 9.17) is 4.42 Å². The van der Waals surface area contributed by atoms with Crippen molar-refractivity contribution in [3.63, 3.8) is 0 Å². The largest absolute Gasteiger partial charge is 0.472 e. The van der Waals surface area contributed by atoms with Gasteiger partial charge in [0.15, 0.2) is 5.60 Å². The summed E-state index contributed by atoms with van der Waals surface area (Å²) in [6.07, 6.45) is 4.21. The molecule has 7 heteroatoms. The van der Waals surface area contributed by atoms with E-state index < -0.39 is 29.8 Å². The molecule has 1 aliphatic carbocycles. The van der Waals surface area contributed by atoms with Gasteiger partial charge in [-0.1, -0.05) is 30.3 Å². The smallest absolute Gasteiger partial charge is 0.257 e. The number of nitrogens with one attached hydrogen (secondary N) is 1. The number of amides is 1. The minimum absolute atomic E-state index is 0.0877. The van der Waals surface area contributed by atoms with E-state index in [0.717, 1.165) is 38.0 Å². The van der Waals surface area contributed by atoms with Crippen molar-refractivity contribution in [2.75, 3.05) is 13.1 Å². The van der Waals surface area contributed by atoms with Crippen LogP contribution in [0.15, 0.2) is 53.3 Å². The number of carbonyl (C=O) groups is 1. The fourth-order valence-electron chi connectivity index (χ4n) is 4.72. The molecule has 0 bridgehead atoms. The minimum Gasteiger partial charge on any atom is -0.472 e. The lowest BCUT2D eigenvalue weighted by molar-refractivity contribution is -0.149. The number of alkyl halides is 2. The Balaban J connectivity index is 1.43. The standard InChI is InChI=1S/C23H28F2N2O3/c24-22(25)10-6-19(14-22)23(29,18-4-2-1-3-5-18)21(28)26-20-7-11-27(12-8-20)15-17-9-13-30-16-17/h1-5,9,13,16,19-20,29H,6-8,10-12,14-15H2,(H,26,28)/t19-,23+/m1/s1. The third-order valence-corrected chi connectivity index (χ3v) is 6.46. The van der Waals surface area contributed by atoms with E-state index in [1.165, 1.54) is 0 Å². The average Bonchev–Trinajstić information content (AvgIpc) is 3.38. The Labute approximate surface area is 175 Å². The zero-order valence-electron chi connectivity index (χ0n) is 16.9. The molecule has 1 aliphatic heterocycles. The molecule has 1 amide bonds. The molecule has 162 valence electrons. The predicted molar refractivity (Wildman–Crippen MR) is 108 cm³/mol. The van der Waals surface area contributed by atoms with Crippen molar-refractivity contribution in [2.45, 2.75) is 56.2 Å². The number of aliphatic hydroxyl groups is 1. The summed E-state index contributed by atoms with van der Waals surface area (Å²) in [4.78, 5) is 15.5. The molecule has 2 N–H and O–H groups in total. The van der Waals surface area contributed by atoms with E-state index in [0.29, 0.717) is 5.56 Å². The van der Waals surface area contributed by atoms with Crippen LogP contribution < -0.4 is 5.32 Å². The molecule has 2 atom stereocenters. The summed E-state index contributed by atoms with van der Waals surface area (Å²) in [6, 6.07) is 10.3. The quantitative estimate of drug-likeness (QED) is 0.751. The number of likely N-dealkylation sites (tertiary alicyclic amines) is 1. The zero-order chi connectivity index (χ0) is 21.2. The predicted octanol–water partition coefficient (Wildman–Crippen LogP) is 3.68. The molecule has 0 spiro atoms. The van der Waals surface area contributed by atoms with Gasteiger partial charge in [-0.25, -0.2) is 8.78 Å². The van der Waals surface area contributed by atoms with Gasteiger partial charge >= 0.3 is 0 Å². The first-order valence-corrected chi connectivity index (χ1v) is 10.6. The Morgan fingerprint density at radius 1 is 1.20 bits per heavy atom. The normalized spacial score (nSPS) is 24.4. The Kier molecular flexibility index (Phi) is 5.93. The summed E-state index contributed by atoms with van der Waals surface area (Å²) >= 11 is 0. The summed E-state index contributed by atoms with van der Waals surface area (Å²) in [5, 5.41) is 14.4. The summed E-state index contributed by atoms with van der Waals surface area (Å²) in [5.74, 6) is -4.22. The molecule has 1 aromatic carbocycles. The third kappa shape index (κ3) is 4.42. The van der Waals surface area contributed by atoms with Crippen molar-refractivity contribution in [3.8, 4) is 0 Å². The first-order valence-electron chi connectivity index (χ1n) is 10.6. The molecule has 0 unspecified atom stereocenters. The van der Waals surface area contributed by atoms with E-state index in [-0.39, 0.29) is 18.9 Å². The molecular formula is C23H28F2N2O3. The monoisotopic (exact) mass is 418 g/mol. The van der Waals surface area contributed by atoms with Gasteiger partial charge in [0, 0.05) is 50.0 Å². The molecule has 1 aromatic heterocycles. The van der Waals surface area contributed by atoms with Crippen LogP contribution in [0.1, 0.15) is 43.2 Å². The molecule has 2 aliphatic rings. The summed E-state index contributed by atoms with van der Waals surface area (Å²) < 4.78 is 32.9. The van der Waals surface area contributed by atoms with Crippen LogP contribution in [0.5, 0.6) is 0 Å². The molecule has 5 nitrogen and oxygen atoms in total. The van der Waals surface area contributed by atoms with Gasteiger partial charge in [-0.15, -0.1) is 0 Å². The maximum atomic E-state index is 13.9. The highest BCUT2D eigenvalue weighted by molar-refractivity contribution is 5.87. The number of benzene rings is 1. The van der Waals surface area contributed by atoms with Gasteiger partial charge < -0.3 is 14.8 Å². The Bertz CT molecular complexity index is 835. The van der Waals surface area contributed by atoms with Gasteiger partial charge in [-0.2, -0.15) is 0 Å². The molecule has 2 fully saturated rings. The van der Waals surface area contributed by atoms with Crippen LogP contribution in [0, 0.1) is 5.92 Å². The number of halogens is 2. The lowest BCUT2D eigenvalue weighted by Crippen LogP contribution is -2.54. The number of rotatable bonds is 6. The number of hydrogen-bond acceptors (Lipinski definition) is 4. The summed E-state index contributed by atoms with van der Waals surface area (Å²) in [7, 11) is 0. The maximum absolute atomic E-state index is 13.9. The van der Waals surface area contributed by atoms with Crippen molar-refractivity contribution >= 4 is 5.91 Å². The molecule has 0 radical (unpaired) electrons. The van der Waals surface area contributed by atoms with Gasteiger partial charge in [0.25, 0.3) is 5.91 Å². The van der Waals surface area contributed by atoms with Crippen LogP contribution in [-0.4, -0.2) is 41.0 Å². The highest BCUT2D eigenvalue weighted by atomic mass is 19.3. The van der Waals surface area contributed by atoms with Crippen molar-refractivity contribution in [1.82, 2.24) is 10.2 Å². The third-order valence-electron chi connectivity index (χ3n) is 6.46. The first kappa shape index (κ1) is 21.0. The number of carbonyl (C=O) groups excluding carboxylic acids is 1. The van der Waals surface area contributed by atoms with Gasteiger partial charge in [0.2, 0.25) is 5.92 Å². The highest BCUT2D eigenvalue weighted by Gasteiger charge is 2.53. The van der Waals surface area contributed by atoms with Crippen molar-refractivity contribution < 1.29 is 23.1 Å². The number of nitrogens with zero attached hydrogens (tertiary/aromatic N) is 1. The lowest BCUT2D eigenvalue weighted by Gasteiger charge is -2.37.